The van der Waals surface area contributed by atoms with Crippen LogP contribution in [0.3, 0.4) is 0 Å². The smallest absolute Gasteiger partial charge is 0.286 e. The summed E-state index contributed by atoms with van der Waals surface area (Å²) in [5.74, 6) is -0.106. The number of thioether (sulfide) groups is 1. The molecule has 0 spiro atoms. The van der Waals surface area contributed by atoms with Crippen LogP contribution < -0.4 is 10.6 Å². The van der Waals surface area contributed by atoms with Crippen LogP contribution in [0.1, 0.15) is 20.4 Å². The molecule has 0 aliphatic rings. The van der Waals surface area contributed by atoms with Gasteiger partial charge in [-0.15, -0.1) is 22.0 Å². The zero-order valence-electron chi connectivity index (χ0n) is 15.0. The Morgan fingerprint density at radius 1 is 1.14 bits per heavy atom. The van der Waals surface area contributed by atoms with Crippen molar-refractivity contribution < 1.29 is 14.0 Å². The predicted octanol–water partition coefficient (Wildman–Crippen LogP) is 4.13. The van der Waals surface area contributed by atoms with Crippen LogP contribution in [0.2, 0.25) is 5.02 Å². The van der Waals surface area contributed by atoms with Crippen molar-refractivity contribution in [2.75, 3.05) is 11.1 Å². The van der Waals surface area contributed by atoms with Crippen LogP contribution in [0.5, 0.6) is 0 Å². The van der Waals surface area contributed by atoms with E-state index in [1.807, 2.05) is 0 Å². The fourth-order valence-corrected chi connectivity index (χ4v) is 4.07. The molecule has 1 aromatic heterocycles. The zero-order chi connectivity index (χ0) is 20.6. The van der Waals surface area contributed by atoms with Gasteiger partial charge in [-0.2, -0.15) is 0 Å². The number of nitrogens with zero attached hydrogens (tertiary/aromatic N) is 2. The van der Waals surface area contributed by atoms with Crippen molar-refractivity contribution in [2.45, 2.75) is 12.3 Å². The van der Waals surface area contributed by atoms with Crippen LogP contribution >= 0.6 is 34.7 Å². The quantitative estimate of drug-likeness (QED) is 0.539. The number of carbonyl (C=O) groups is 2. The first-order valence-corrected chi connectivity index (χ1v) is 10.8. The molecule has 150 valence electrons. The maximum absolute atomic E-state index is 12.9. The van der Waals surface area contributed by atoms with E-state index in [1.165, 1.54) is 35.2 Å². The molecule has 3 aromatic rings. The van der Waals surface area contributed by atoms with Crippen LogP contribution in [0.4, 0.5) is 10.1 Å². The molecule has 2 N–H and O–H groups in total. The minimum absolute atomic E-state index is 0.136. The predicted molar refractivity (Wildman–Crippen MR) is 114 cm³/mol. The van der Waals surface area contributed by atoms with Crippen molar-refractivity contribution in [1.82, 2.24) is 15.5 Å². The molecule has 0 fully saturated rings. The second kappa shape index (κ2) is 10.3. The van der Waals surface area contributed by atoms with E-state index in [4.69, 9.17) is 11.6 Å². The highest BCUT2D eigenvalue weighted by atomic mass is 35.5. The molecule has 2 aromatic carbocycles. The molecular formula is C19H16ClFN4O2S2. The third-order valence-electron chi connectivity index (χ3n) is 3.61. The van der Waals surface area contributed by atoms with Gasteiger partial charge in [0.05, 0.1) is 5.75 Å². The van der Waals surface area contributed by atoms with Crippen molar-refractivity contribution >= 4 is 52.2 Å². The molecule has 0 saturated carbocycles. The normalized spacial score (nSPS) is 10.6. The van der Waals surface area contributed by atoms with Crippen LogP contribution in [-0.2, 0) is 17.1 Å². The summed E-state index contributed by atoms with van der Waals surface area (Å²) in [7, 11) is 0. The molecule has 0 aliphatic carbocycles. The molecule has 0 aliphatic heterocycles. The Balaban J connectivity index is 1.41. The Hall–Kier alpha value is -2.49. The van der Waals surface area contributed by atoms with Crippen molar-refractivity contribution in [3.05, 3.63) is 74.9 Å². The molecule has 0 radical (unpaired) electrons. The van der Waals surface area contributed by atoms with Gasteiger partial charge in [0.1, 0.15) is 10.8 Å². The molecule has 0 atom stereocenters. The number of aromatic nitrogens is 2. The number of nitrogens with one attached hydrogen (secondary N) is 2. The zero-order valence-corrected chi connectivity index (χ0v) is 17.4. The second-order valence-corrected chi connectivity index (χ2v) is 8.35. The Morgan fingerprint density at radius 2 is 1.93 bits per heavy atom. The standard InChI is InChI=1S/C19H16ClFN4O2S2/c20-13-2-1-3-15(8-13)23-18(27)19-25-24-17(29-19)11-28-10-16(26)22-9-12-4-6-14(21)7-5-12/h1-8H,9-11H2,(H,22,26)(H,23,27). The van der Waals surface area contributed by atoms with E-state index < -0.39 is 0 Å². The summed E-state index contributed by atoms with van der Waals surface area (Å²) in [5.41, 5.74) is 1.40. The van der Waals surface area contributed by atoms with Crippen LogP contribution in [0, 0.1) is 5.82 Å². The maximum atomic E-state index is 12.9. The van der Waals surface area contributed by atoms with E-state index >= 15 is 0 Å². The Kier molecular flexibility index (Phi) is 7.56. The van der Waals surface area contributed by atoms with E-state index in [0.29, 0.717) is 28.0 Å². The molecular weight excluding hydrogens is 435 g/mol. The second-order valence-electron chi connectivity index (χ2n) is 5.86. The number of rotatable bonds is 8. The van der Waals surface area contributed by atoms with E-state index in [9.17, 15) is 14.0 Å². The fraction of sp³-hybridized carbons (Fsp3) is 0.158. The van der Waals surface area contributed by atoms with E-state index in [0.717, 1.165) is 5.56 Å². The van der Waals surface area contributed by atoms with Crippen molar-refractivity contribution in [3.63, 3.8) is 0 Å². The molecule has 0 unspecified atom stereocenters. The van der Waals surface area contributed by atoms with Gasteiger partial charge in [-0.25, -0.2) is 4.39 Å². The Morgan fingerprint density at radius 3 is 2.69 bits per heavy atom. The highest BCUT2D eigenvalue weighted by Crippen LogP contribution is 2.19. The Bertz CT molecular complexity index is 998. The third-order valence-corrected chi connectivity index (χ3v) is 5.89. The summed E-state index contributed by atoms with van der Waals surface area (Å²) in [6.07, 6.45) is 0. The molecule has 29 heavy (non-hydrogen) atoms. The van der Waals surface area contributed by atoms with Gasteiger partial charge in [0.25, 0.3) is 5.91 Å². The number of halogens is 2. The SMILES string of the molecule is O=C(CSCc1nnc(C(=O)Nc2cccc(Cl)c2)s1)NCc1ccc(F)cc1. The highest BCUT2D eigenvalue weighted by Gasteiger charge is 2.14. The van der Waals surface area contributed by atoms with Gasteiger partial charge in [-0.05, 0) is 35.9 Å². The van der Waals surface area contributed by atoms with Gasteiger partial charge < -0.3 is 10.6 Å². The largest absolute Gasteiger partial charge is 0.351 e. The van der Waals surface area contributed by atoms with E-state index in [2.05, 4.69) is 20.8 Å². The maximum Gasteiger partial charge on any atom is 0.286 e. The van der Waals surface area contributed by atoms with Crippen molar-refractivity contribution in [1.29, 1.82) is 0 Å². The summed E-state index contributed by atoms with van der Waals surface area (Å²) >= 11 is 8.44. The fourth-order valence-electron chi connectivity index (χ4n) is 2.24. The third kappa shape index (κ3) is 6.81. The van der Waals surface area contributed by atoms with E-state index in [-0.39, 0.29) is 28.4 Å². The average Bonchev–Trinajstić information content (AvgIpc) is 3.17. The number of hydrogen-bond donors (Lipinski definition) is 2. The highest BCUT2D eigenvalue weighted by molar-refractivity contribution is 7.99. The Labute approximate surface area is 179 Å². The molecule has 1 heterocycles. The molecule has 0 bridgehead atoms. The van der Waals surface area contributed by atoms with Crippen LogP contribution in [0.25, 0.3) is 0 Å². The monoisotopic (exact) mass is 450 g/mol. The van der Waals surface area contributed by atoms with Gasteiger partial charge in [0, 0.05) is 23.0 Å². The van der Waals surface area contributed by atoms with E-state index in [1.54, 1.807) is 36.4 Å². The number of benzene rings is 2. The van der Waals surface area contributed by atoms with Gasteiger partial charge in [-0.1, -0.05) is 41.1 Å². The topological polar surface area (TPSA) is 84.0 Å². The summed E-state index contributed by atoms with van der Waals surface area (Å²) < 4.78 is 12.9. The van der Waals surface area contributed by atoms with Crippen LogP contribution in [-0.4, -0.2) is 27.8 Å². The lowest BCUT2D eigenvalue weighted by atomic mass is 10.2. The average molecular weight is 451 g/mol. The van der Waals surface area contributed by atoms with Crippen molar-refractivity contribution in [2.24, 2.45) is 0 Å². The number of carbonyl (C=O) groups excluding carboxylic acids is 2. The lowest BCUT2D eigenvalue weighted by Gasteiger charge is -2.04. The molecule has 10 heteroatoms. The summed E-state index contributed by atoms with van der Waals surface area (Å²) in [6.45, 7) is 0.340. The van der Waals surface area contributed by atoms with Gasteiger partial charge in [-0.3, -0.25) is 9.59 Å². The molecule has 2 amide bonds. The summed E-state index contributed by atoms with van der Waals surface area (Å²) in [6, 6.07) is 12.8. The van der Waals surface area contributed by atoms with Gasteiger partial charge in [0.2, 0.25) is 10.9 Å². The minimum Gasteiger partial charge on any atom is -0.351 e. The number of hydrogen-bond acceptors (Lipinski definition) is 6. The summed E-state index contributed by atoms with van der Waals surface area (Å²) in [4.78, 5) is 24.1. The lowest BCUT2D eigenvalue weighted by molar-refractivity contribution is -0.118. The van der Waals surface area contributed by atoms with Gasteiger partial charge >= 0.3 is 0 Å². The number of amides is 2. The molecule has 3 rings (SSSR count). The number of anilines is 1. The first-order chi connectivity index (χ1) is 14.0. The summed E-state index contributed by atoms with van der Waals surface area (Å²) in [5, 5.41) is 14.8. The molecule has 6 nitrogen and oxygen atoms in total. The minimum atomic E-state index is -0.363. The van der Waals surface area contributed by atoms with Crippen LogP contribution in [0.15, 0.2) is 48.5 Å². The molecule has 0 saturated heterocycles. The van der Waals surface area contributed by atoms with Gasteiger partial charge in [0.15, 0.2) is 0 Å². The lowest BCUT2D eigenvalue weighted by Crippen LogP contribution is -2.24. The first-order valence-electron chi connectivity index (χ1n) is 8.48. The van der Waals surface area contributed by atoms with Crippen molar-refractivity contribution in [3.8, 4) is 0 Å². The first kappa shape index (κ1) is 21.2.